The van der Waals surface area contributed by atoms with E-state index >= 15 is 0 Å². The number of nitrogens with zero attached hydrogens (tertiary/aromatic N) is 1. The fraction of sp³-hybridized carbons (Fsp3) is 0.444. The molecule has 2 atom stereocenters. The zero-order valence-electron chi connectivity index (χ0n) is 14.2. The number of carbonyl (C=O) groups excluding carboxylic acids is 2. The van der Waals surface area contributed by atoms with Crippen molar-refractivity contribution < 1.29 is 19.2 Å². The molecule has 0 N–H and O–H groups in total. The predicted molar refractivity (Wildman–Crippen MR) is 93.1 cm³/mol. The monoisotopic (exact) mass is 365 g/mol. The standard InChI is InChI=1S/C18H20ClNO5/c1-3-25-18(22)12-8-9-16(21)17(11(12)2)14(10-20(23)24)13-6-4-5-7-15(13)19/h4-7,12,14H,3,8-10H2,1-2H3/t12-,14+/m1/s1. The number of halogens is 1. The fourth-order valence-corrected chi connectivity index (χ4v) is 3.56. The van der Waals surface area contributed by atoms with E-state index in [-0.39, 0.29) is 18.8 Å². The predicted octanol–water partition coefficient (Wildman–Crippen LogP) is 3.56. The van der Waals surface area contributed by atoms with Gasteiger partial charge in [-0.3, -0.25) is 19.7 Å². The lowest BCUT2D eigenvalue weighted by atomic mass is 9.75. The van der Waals surface area contributed by atoms with Crippen molar-refractivity contribution in [3.8, 4) is 0 Å². The first kappa shape index (κ1) is 19.1. The van der Waals surface area contributed by atoms with Crippen LogP contribution in [-0.2, 0) is 14.3 Å². The fourth-order valence-electron chi connectivity index (χ4n) is 3.29. The smallest absolute Gasteiger partial charge is 0.313 e. The maximum absolute atomic E-state index is 12.6. The molecule has 134 valence electrons. The molecule has 1 aliphatic carbocycles. The van der Waals surface area contributed by atoms with E-state index in [9.17, 15) is 19.7 Å². The molecule has 1 aromatic rings. The Morgan fingerprint density at radius 2 is 2.12 bits per heavy atom. The molecule has 0 aromatic heterocycles. The Labute approximate surface area is 151 Å². The Morgan fingerprint density at radius 1 is 1.44 bits per heavy atom. The van der Waals surface area contributed by atoms with E-state index in [0.29, 0.717) is 28.2 Å². The third-order valence-corrected chi connectivity index (χ3v) is 4.78. The molecule has 0 aliphatic heterocycles. The minimum atomic E-state index is -0.784. The number of hydrogen-bond donors (Lipinski definition) is 0. The molecule has 0 bridgehead atoms. The summed E-state index contributed by atoms with van der Waals surface area (Å²) < 4.78 is 5.08. The summed E-state index contributed by atoms with van der Waals surface area (Å²) in [6, 6.07) is 6.76. The second-order valence-corrected chi connectivity index (χ2v) is 6.36. The summed E-state index contributed by atoms with van der Waals surface area (Å²) in [5.41, 5.74) is 1.38. The van der Waals surface area contributed by atoms with Crippen LogP contribution in [-0.4, -0.2) is 29.8 Å². The zero-order valence-corrected chi connectivity index (χ0v) is 14.9. The Hall–Kier alpha value is -2.21. The summed E-state index contributed by atoms with van der Waals surface area (Å²) in [7, 11) is 0. The topological polar surface area (TPSA) is 86.5 Å². The summed E-state index contributed by atoms with van der Waals surface area (Å²) in [5.74, 6) is -1.91. The van der Waals surface area contributed by atoms with Gasteiger partial charge in [0.2, 0.25) is 6.54 Å². The van der Waals surface area contributed by atoms with Crippen LogP contribution >= 0.6 is 11.6 Å². The van der Waals surface area contributed by atoms with Crippen LogP contribution in [0.3, 0.4) is 0 Å². The van der Waals surface area contributed by atoms with E-state index in [4.69, 9.17) is 16.3 Å². The highest BCUT2D eigenvalue weighted by Crippen LogP contribution is 2.39. The van der Waals surface area contributed by atoms with E-state index in [1.54, 1.807) is 38.1 Å². The van der Waals surface area contributed by atoms with Gasteiger partial charge in [-0.25, -0.2) is 0 Å². The Kier molecular flexibility index (Phi) is 6.31. The molecule has 1 aromatic carbocycles. The molecule has 0 radical (unpaired) electrons. The number of hydrogen-bond acceptors (Lipinski definition) is 5. The zero-order chi connectivity index (χ0) is 18.6. The summed E-state index contributed by atoms with van der Waals surface area (Å²) in [5, 5.41) is 11.6. The molecule has 0 unspecified atom stereocenters. The highest BCUT2D eigenvalue weighted by molar-refractivity contribution is 6.31. The third kappa shape index (κ3) is 4.25. The van der Waals surface area contributed by atoms with E-state index in [0.717, 1.165) is 0 Å². The molecular weight excluding hydrogens is 346 g/mol. The minimum Gasteiger partial charge on any atom is -0.466 e. The largest absolute Gasteiger partial charge is 0.466 e. The van der Waals surface area contributed by atoms with Crippen LogP contribution in [0.2, 0.25) is 5.02 Å². The van der Waals surface area contributed by atoms with E-state index in [1.165, 1.54) is 0 Å². The van der Waals surface area contributed by atoms with Gasteiger partial charge in [-0.05, 0) is 31.9 Å². The van der Waals surface area contributed by atoms with Crippen LogP contribution in [0.15, 0.2) is 35.4 Å². The van der Waals surface area contributed by atoms with Crippen LogP contribution in [0.1, 0.15) is 38.2 Å². The van der Waals surface area contributed by atoms with Gasteiger partial charge in [0.05, 0.1) is 18.4 Å². The quantitative estimate of drug-likeness (QED) is 0.437. The molecule has 6 nitrogen and oxygen atoms in total. The molecule has 0 spiro atoms. The van der Waals surface area contributed by atoms with Crippen molar-refractivity contribution in [2.24, 2.45) is 5.92 Å². The summed E-state index contributed by atoms with van der Waals surface area (Å²) in [6.45, 7) is 3.18. The van der Waals surface area contributed by atoms with Crippen LogP contribution in [0.5, 0.6) is 0 Å². The molecule has 0 fully saturated rings. The van der Waals surface area contributed by atoms with Gasteiger partial charge in [0.25, 0.3) is 0 Å². The average molecular weight is 366 g/mol. The number of benzene rings is 1. The third-order valence-electron chi connectivity index (χ3n) is 4.44. The Bertz CT molecular complexity index is 728. The number of ether oxygens (including phenoxy) is 1. The number of rotatable bonds is 6. The van der Waals surface area contributed by atoms with Gasteiger partial charge in [-0.1, -0.05) is 35.4 Å². The van der Waals surface area contributed by atoms with Crippen molar-refractivity contribution in [3.05, 3.63) is 56.1 Å². The summed E-state index contributed by atoms with van der Waals surface area (Å²) in [4.78, 5) is 35.5. The molecule has 7 heteroatoms. The van der Waals surface area contributed by atoms with Crippen molar-refractivity contribution in [3.63, 3.8) is 0 Å². The Balaban J connectivity index is 2.54. The lowest BCUT2D eigenvalue weighted by molar-refractivity contribution is -0.481. The Morgan fingerprint density at radius 3 is 2.72 bits per heavy atom. The molecule has 0 amide bonds. The average Bonchev–Trinajstić information content (AvgIpc) is 2.54. The highest BCUT2D eigenvalue weighted by atomic mass is 35.5. The first-order valence-corrected chi connectivity index (χ1v) is 8.51. The van der Waals surface area contributed by atoms with Gasteiger partial charge in [-0.15, -0.1) is 0 Å². The van der Waals surface area contributed by atoms with Crippen LogP contribution in [0.4, 0.5) is 0 Å². The molecule has 2 rings (SSSR count). The highest BCUT2D eigenvalue weighted by Gasteiger charge is 2.37. The normalized spacial score (nSPS) is 18.8. The van der Waals surface area contributed by atoms with Crippen LogP contribution in [0.25, 0.3) is 0 Å². The molecule has 25 heavy (non-hydrogen) atoms. The molecular formula is C18H20ClNO5. The van der Waals surface area contributed by atoms with E-state index < -0.39 is 29.3 Å². The first-order valence-electron chi connectivity index (χ1n) is 8.13. The lowest BCUT2D eigenvalue weighted by Crippen LogP contribution is -2.30. The first-order chi connectivity index (χ1) is 11.9. The van der Waals surface area contributed by atoms with Crippen molar-refractivity contribution in [1.29, 1.82) is 0 Å². The molecule has 0 saturated heterocycles. The number of ketones is 1. The summed E-state index contributed by atoms with van der Waals surface area (Å²) in [6.07, 6.45) is 0.523. The van der Waals surface area contributed by atoms with Gasteiger partial charge in [0, 0.05) is 21.9 Å². The minimum absolute atomic E-state index is 0.162. The second kappa shape index (κ2) is 8.25. The number of Topliss-reactive ketones (excluding diaryl/α,β-unsaturated/α-hetero) is 1. The van der Waals surface area contributed by atoms with Gasteiger partial charge in [-0.2, -0.15) is 0 Å². The van der Waals surface area contributed by atoms with Crippen molar-refractivity contribution in [2.75, 3.05) is 13.2 Å². The van der Waals surface area contributed by atoms with E-state index in [1.807, 2.05) is 0 Å². The van der Waals surface area contributed by atoms with Crippen LogP contribution < -0.4 is 0 Å². The molecule has 0 saturated carbocycles. The van der Waals surface area contributed by atoms with Gasteiger partial charge in [0.15, 0.2) is 5.78 Å². The maximum atomic E-state index is 12.6. The summed E-state index contributed by atoms with van der Waals surface area (Å²) >= 11 is 6.22. The lowest BCUT2D eigenvalue weighted by Gasteiger charge is -2.28. The van der Waals surface area contributed by atoms with Crippen molar-refractivity contribution >= 4 is 23.4 Å². The molecule has 1 aliphatic rings. The van der Waals surface area contributed by atoms with E-state index in [2.05, 4.69) is 0 Å². The number of carbonyl (C=O) groups is 2. The van der Waals surface area contributed by atoms with Crippen LogP contribution in [0, 0.1) is 16.0 Å². The maximum Gasteiger partial charge on any atom is 0.313 e. The molecule has 0 heterocycles. The SMILES string of the molecule is CCOC(=O)[C@@H]1CCC(=O)C([C@@H](C[N+](=O)[O-])c2ccccc2Cl)=C1C. The van der Waals surface area contributed by atoms with Crippen molar-refractivity contribution in [1.82, 2.24) is 0 Å². The van der Waals surface area contributed by atoms with Gasteiger partial charge < -0.3 is 4.74 Å². The number of esters is 1. The number of nitro groups is 1. The van der Waals surface area contributed by atoms with Gasteiger partial charge >= 0.3 is 5.97 Å². The second-order valence-electron chi connectivity index (χ2n) is 5.95. The van der Waals surface area contributed by atoms with Crippen molar-refractivity contribution in [2.45, 2.75) is 32.6 Å². The van der Waals surface area contributed by atoms with Gasteiger partial charge in [0.1, 0.15) is 0 Å².